The van der Waals surface area contributed by atoms with Gasteiger partial charge in [-0.15, -0.1) is 0 Å². The summed E-state index contributed by atoms with van der Waals surface area (Å²) in [6.45, 7) is 1.11. The summed E-state index contributed by atoms with van der Waals surface area (Å²) >= 11 is 12.2. The summed E-state index contributed by atoms with van der Waals surface area (Å²) in [6.07, 6.45) is -4.40. The van der Waals surface area contributed by atoms with E-state index in [-0.39, 0.29) is 26.4 Å². The fourth-order valence-electron chi connectivity index (χ4n) is 5.08. The SMILES string of the molecule is N#CC(Cl)(Cl)C(=N)O[C@H]1O[C@H](COCc2ccccc2)[C@H](OCc2ccccc2)[C@H](OCc2ccccc2)[C@H]1OCc1ccccc1. The highest BCUT2D eigenvalue weighted by molar-refractivity contribution is 6.59. The van der Waals surface area contributed by atoms with Crippen molar-refractivity contribution < 1.29 is 28.4 Å². The van der Waals surface area contributed by atoms with Crippen LogP contribution in [-0.2, 0) is 54.8 Å². The number of alkyl halides is 2. The summed E-state index contributed by atoms with van der Waals surface area (Å²) in [6, 6.07) is 40.6. The predicted octanol–water partition coefficient (Wildman–Crippen LogP) is 7.38. The molecule has 1 saturated heterocycles. The minimum absolute atomic E-state index is 0.100. The van der Waals surface area contributed by atoms with Gasteiger partial charge in [0.05, 0.1) is 33.0 Å². The first-order chi connectivity index (χ1) is 22.9. The van der Waals surface area contributed by atoms with Crippen LogP contribution in [0.25, 0.3) is 0 Å². The molecule has 1 fully saturated rings. The van der Waals surface area contributed by atoms with Crippen LogP contribution >= 0.6 is 23.2 Å². The maximum Gasteiger partial charge on any atom is 0.277 e. The second-order valence-corrected chi connectivity index (χ2v) is 12.3. The highest BCUT2D eigenvalue weighted by Crippen LogP contribution is 2.33. The van der Waals surface area contributed by atoms with E-state index >= 15 is 0 Å². The fourth-order valence-corrected chi connectivity index (χ4v) is 5.17. The van der Waals surface area contributed by atoms with Crippen LogP contribution in [0.15, 0.2) is 121 Å². The van der Waals surface area contributed by atoms with E-state index in [4.69, 9.17) is 57.0 Å². The van der Waals surface area contributed by atoms with Crippen LogP contribution in [0, 0.1) is 16.7 Å². The number of nitrogens with zero attached hydrogens (tertiary/aromatic N) is 1. The van der Waals surface area contributed by atoms with Crippen molar-refractivity contribution in [2.75, 3.05) is 6.61 Å². The lowest BCUT2D eigenvalue weighted by atomic mass is 9.97. The van der Waals surface area contributed by atoms with Crippen LogP contribution in [-0.4, -0.2) is 47.5 Å². The minimum Gasteiger partial charge on any atom is -0.445 e. The highest BCUT2D eigenvalue weighted by Gasteiger charge is 2.51. The molecular formula is C37H36Cl2N2O6. The standard InChI is InChI=1S/C37H36Cl2N2O6/c38-37(39,26-40)36(41)47-35-34(45-24-30-19-11-4-12-20-30)33(44-23-29-17-9-3-10-18-29)32(43-22-28-15-7-2-8-16-28)31(46-35)25-42-21-27-13-5-1-6-14-27/h1-20,31-35,41H,21-25H2/t31-,32+,33+,34-,35-/m1/s1. The summed E-state index contributed by atoms with van der Waals surface area (Å²) in [5.41, 5.74) is 3.79. The highest BCUT2D eigenvalue weighted by atomic mass is 35.5. The zero-order valence-corrected chi connectivity index (χ0v) is 27.1. The van der Waals surface area contributed by atoms with Gasteiger partial charge in [-0.1, -0.05) is 145 Å². The molecule has 10 heteroatoms. The molecular weight excluding hydrogens is 639 g/mol. The summed E-state index contributed by atoms with van der Waals surface area (Å²) < 4.78 is 36.0. The van der Waals surface area contributed by atoms with Crippen molar-refractivity contribution in [2.24, 2.45) is 0 Å². The number of hydrogen-bond donors (Lipinski definition) is 1. The van der Waals surface area contributed by atoms with Crippen LogP contribution in [0.4, 0.5) is 0 Å². The van der Waals surface area contributed by atoms with Gasteiger partial charge < -0.3 is 28.4 Å². The maximum absolute atomic E-state index is 9.50. The van der Waals surface area contributed by atoms with Gasteiger partial charge >= 0.3 is 0 Å². The number of ether oxygens (including phenoxy) is 6. The van der Waals surface area contributed by atoms with Crippen LogP contribution in [0.2, 0.25) is 0 Å². The average molecular weight is 676 g/mol. The number of halogens is 2. The number of rotatable bonds is 15. The zero-order chi connectivity index (χ0) is 32.9. The van der Waals surface area contributed by atoms with Crippen LogP contribution in [0.3, 0.4) is 0 Å². The molecule has 8 nitrogen and oxygen atoms in total. The molecule has 0 aromatic heterocycles. The summed E-state index contributed by atoms with van der Waals surface area (Å²) in [5, 5.41) is 17.9. The van der Waals surface area contributed by atoms with E-state index in [1.54, 1.807) is 6.07 Å². The minimum atomic E-state index is -2.24. The van der Waals surface area contributed by atoms with Crippen molar-refractivity contribution in [3.8, 4) is 6.07 Å². The molecule has 0 amide bonds. The molecule has 1 N–H and O–H groups in total. The van der Waals surface area contributed by atoms with Crippen LogP contribution < -0.4 is 0 Å². The monoisotopic (exact) mass is 674 g/mol. The van der Waals surface area contributed by atoms with Crippen molar-refractivity contribution in [1.82, 2.24) is 0 Å². The smallest absolute Gasteiger partial charge is 0.277 e. The largest absolute Gasteiger partial charge is 0.445 e. The molecule has 47 heavy (non-hydrogen) atoms. The van der Waals surface area contributed by atoms with Gasteiger partial charge in [-0.3, -0.25) is 5.41 Å². The molecule has 5 rings (SSSR count). The second kappa shape index (κ2) is 17.4. The van der Waals surface area contributed by atoms with Gasteiger partial charge in [0.15, 0.2) is 0 Å². The Kier molecular flexibility index (Phi) is 12.8. The topological polar surface area (TPSA) is 103 Å². The molecule has 0 radical (unpaired) electrons. The molecule has 0 unspecified atom stereocenters. The summed E-state index contributed by atoms with van der Waals surface area (Å²) in [5.74, 6) is -0.698. The first-order valence-electron chi connectivity index (χ1n) is 15.2. The van der Waals surface area contributed by atoms with E-state index in [2.05, 4.69) is 0 Å². The Morgan fingerprint density at radius 1 is 0.638 bits per heavy atom. The number of nitriles is 1. The molecule has 1 aliphatic heterocycles. The van der Waals surface area contributed by atoms with Crippen molar-refractivity contribution >= 4 is 29.1 Å². The van der Waals surface area contributed by atoms with Crippen molar-refractivity contribution in [2.45, 2.75) is 61.5 Å². The molecule has 1 heterocycles. The Morgan fingerprint density at radius 3 is 1.49 bits per heavy atom. The molecule has 0 saturated carbocycles. The zero-order valence-electron chi connectivity index (χ0n) is 25.6. The molecule has 244 valence electrons. The first kappa shape index (κ1) is 34.6. The number of benzene rings is 4. The summed E-state index contributed by atoms with van der Waals surface area (Å²) in [4.78, 5) is 0. The normalized spacial score (nSPS) is 21.1. The first-order valence-corrected chi connectivity index (χ1v) is 16.0. The molecule has 0 bridgehead atoms. The second-order valence-electron chi connectivity index (χ2n) is 11.0. The fraction of sp³-hybridized carbons (Fsp3) is 0.297. The van der Waals surface area contributed by atoms with Gasteiger partial charge in [-0.25, -0.2) is 0 Å². The Labute approximate surface area is 285 Å². The summed E-state index contributed by atoms with van der Waals surface area (Å²) in [7, 11) is 0. The molecule has 0 aliphatic carbocycles. The third-order valence-electron chi connectivity index (χ3n) is 7.50. The quantitative estimate of drug-likeness (QED) is 0.0797. The maximum atomic E-state index is 9.50. The van der Waals surface area contributed by atoms with Gasteiger partial charge in [0.2, 0.25) is 12.2 Å². The van der Waals surface area contributed by atoms with Gasteiger partial charge in [0.1, 0.15) is 30.5 Å². The Balaban J connectivity index is 1.47. The van der Waals surface area contributed by atoms with E-state index in [0.717, 1.165) is 22.3 Å². The van der Waals surface area contributed by atoms with Crippen LogP contribution in [0.5, 0.6) is 0 Å². The lowest BCUT2D eigenvalue weighted by Gasteiger charge is -2.45. The third kappa shape index (κ3) is 10.1. The molecule has 4 aromatic rings. The van der Waals surface area contributed by atoms with Gasteiger partial charge in [-0.05, 0) is 22.3 Å². The van der Waals surface area contributed by atoms with E-state index in [1.807, 2.05) is 121 Å². The van der Waals surface area contributed by atoms with Crippen LogP contribution in [0.1, 0.15) is 22.3 Å². The van der Waals surface area contributed by atoms with Crippen molar-refractivity contribution in [3.63, 3.8) is 0 Å². The lowest BCUT2D eigenvalue weighted by molar-refractivity contribution is -0.313. The van der Waals surface area contributed by atoms with Gasteiger partial charge in [0.25, 0.3) is 4.33 Å². The average Bonchev–Trinajstić information content (AvgIpc) is 3.11. The number of hydrogen-bond acceptors (Lipinski definition) is 8. The lowest BCUT2D eigenvalue weighted by Crippen LogP contribution is -2.62. The van der Waals surface area contributed by atoms with Crippen molar-refractivity contribution in [3.05, 3.63) is 144 Å². The van der Waals surface area contributed by atoms with E-state index in [0.29, 0.717) is 6.61 Å². The molecule has 5 atom stereocenters. The Morgan fingerprint density at radius 2 is 1.04 bits per heavy atom. The van der Waals surface area contributed by atoms with Gasteiger partial charge in [0, 0.05) is 0 Å². The Hall–Kier alpha value is -3.78. The molecule has 0 spiro atoms. The van der Waals surface area contributed by atoms with E-state index in [9.17, 15) is 5.26 Å². The Bertz CT molecular complexity index is 1560. The predicted molar refractivity (Wildman–Crippen MR) is 179 cm³/mol. The molecule has 4 aromatic carbocycles. The van der Waals surface area contributed by atoms with E-state index in [1.165, 1.54) is 0 Å². The third-order valence-corrected chi connectivity index (χ3v) is 8.01. The number of nitrogens with one attached hydrogen (secondary N) is 1. The van der Waals surface area contributed by atoms with Crippen molar-refractivity contribution in [1.29, 1.82) is 10.7 Å². The van der Waals surface area contributed by atoms with Gasteiger partial charge in [-0.2, -0.15) is 5.26 Å². The van der Waals surface area contributed by atoms with E-state index < -0.39 is 40.9 Å². The molecule has 1 aliphatic rings.